The quantitative estimate of drug-likeness (QED) is 0.627. The molecule has 3 aromatic rings. The molecule has 3 rings (SSSR count). The number of aromatic carboxylic acids is 1. The average molecular weight is 366 g/mol. The van der Waals surface area contributed by atoms with Gasteiger partial charge >= 0.3 is 0 Å². The number of hydrogen-bond acceptors (Lipinski definition) is 3. The normalized spacial score (nSPS) is 11.0. The lowest BCUT2D eigenvalue weighted by molar-refractivity contribution is -0.254. The van der Waals surface area contributed by atoms with Gasteiger partial charge in [-0.25, -0.2) is 4.98 Å². The Bertz CT molecular complexity index is 954. The first-order chi connectivity index (χ1) is 10.9. The zero-order valence-corrected chi connectivity index (χ0v) is 14.1. The van der Waals surface area contributed by atoms with E-state index in [0.717, 1.165) is 5.56 Å². The van der Waals surface area contributed by atoms with Crippen LogP contribution < -0.4 is 5.11 Å². The second-order valence-corrected chi connectivity index (χ2v) is 6.20. The first-order valence-corrected chi connectivity index (χ1v) is 7.79. The number of nitrogens with zero attached hydrogens (tertiary/aromatic N) is 1. The summed E-state index contributed by atoms with van der Waals surface area (Å²) >= 11 is 18.2. The second kappa shape index (κ2) is 6.00. The predicted molar refractivity (Wildman–Crippen MR) is 91.3 cm³/mol. The molecule has 0 amide bonds. The van der Waals surface area contributed by atoms with Crippen molar-refractivity contribution in [1.29, 1.82) is 0 Å². The van der Waals surface area contributed by atoms with Gasteiger partial charge in [0.25, 0.3) is 0 Å². The summed E-state index contributed by atoms with van der Waals surface area (Å²) in [5.74, 6) is -1.28. The van der Waals surface area contributed by atoms with Crippen LogP contribution in [0.4, 0.5) is 0 Å². The maximum absolute atomic E-state index is 11.5. The van der Waals surface area contributed by atoms with Crippen molar-refractivity contribution in [2.75, 3.05) is 0 Å². The zero-order chi connectivity index (χ0) is 16.7. The molecule has 0 aliphatic rings. The number of rotatable bonds is 2. The van der Waals surface area contributed by atoms with E-state index in [1.807, 2.05) is 13.0 Å². The molecule has 0 radical (unpaired) electrons. The average Bonchev–Trinajstić information content (AvgIpc) is 2.52. The number of carbonyl (C=O) groups is 1. The van der Waals surface area contributed by atoms with Gasteiger partial charge in [-0.15, -0.1) is 0 Å². The van der Waals surface area contributed by atoms with Crippen molar-refractivity contribution < 1.29 is 9.90 Å². The summed E-state index contributed by atoms with van der Waals surface area (Å²) in [6.07, 6.45) is 0. The molecule has 0 spiro atoms. The molecule has 1 heterocycles. The number of carboxylic acid groups (broad SMARTS) is 1. The molecule has 6 heteroatoms. The number of benzene rings is 2. The Morgan fingerprint density at radius 1 is 1.09 bits per heavy atom. The molecule has 0 aliphatic carbocycles. The van der Waals surface area contributed by atoms with Crippen molar-refractivity contribution >= 4 is 51.7 Å². The van der Waals surface area contributed by atoms with Crippen molar-refractivity contribution in [1.82, 2.24) is 4.98 Å². The minimum absolute atomic E-state index is 0.0517. The monoisotopic (exact) mass is 364 g/mol. The summed E-state index contributed by atoms with van der Waals surface area (Å²) in [6.45, 7) is 1.86. The molecule has 0 bridgehead atoms. The molecule has 1 aromatic heterocycles. The summed E-state index contributed by atoms with van der Waals surface area (Å²) in [5.41, 5.74) is 2.38. The van der Waals surface area contributed by atoms with E-state index in [-0.39, 0.29) is 15.6 Å². The third-order valence-electron chi connectivity index (χ3n) is 3.57. The van der Waals surface area contributed by atoms with Crippen LogP contribution in [-0.4, -0.2) is 11.0 Å². The van der Waals surface area contributed by atoms with Crippen molar-refractivity contribution in [3.8, 4) is 11.3 Å². The SMILES string of the molecule is Cc1cccc2c(C(=O)[O-])cc(-c3ccc(Cl)c(Cl)c3Cl)nc12. The van der Waals surface area contributed by atoms with Gasteiger partial charge < -0.3 is 9.90 Å². The van der Waals surface area contributed by atoms with Crippen LogP contribution in [0.25, 0.3) is 22.2 Å². The maximum Gasteiger partial charge on any atom is 0.0785 e. The van der Waals surface area contributed by atoms with E-state index in [9.17, 15) is 9.90 Å². The van der Waals surface area contributed by atoms with Crippen LogP contribution in [-0.2, 0) is 0 Å². The topological polar surface area (TPSA) is 53.0 Å². The Morgan fingerprint density at radius 3 is 2.52 bits per heavy atom. The lowest BCUT2D eigenvalue weighted by atomic mass is 10.0. The predicted octanol–water partition coefficient (Wildman–Crippen LogP) is 4.53. The number of halogens is 3. The van der Waals surface area contributed by atoms with Gasteiger partial charge in [-0.1, -0.05) is 53.0 Å². The molecule has 0 atom stereocenters. The van der Waals surface area contributed by atoms with Gasteiger partial charge in [0.2, 0.25) is 0 Å². The Balaban J connectivity index is 2.38. The van der Waals surface area contributed by atoms with Crippen LogP contribution in [0, 0.1) is 6.92 Å². The lowest BCUT2D eigenvalue weighted by Crippen LogP contribution is -2.22. The van der Waals surface area contributed by atoms with Gasteiger partial charge in [0.15, 0.2) is 0 Å². The van der Waals surface area contributed by atoms with Gasteiger partial charge in [0, 0.05) is 16.5 Å². The summed E-state index contributed by atoms with van der Waals surface area (Å²) in [5, 5.41) is 12.8. The lowest BCUT2D eigenvalue weighted by Gasteiger charge is -2.13. The Kier molecular flexibility index (Phi) is 4.19. The van der Waals surface area contributed by atoms with Gasteiger partial charge in [0.1, 0.15) is 0 Å². The van der Waals surface area contributed by atoms with Crippen LogP contribution in [0.15, 0.2) is 36.4 Å². The summed E-state index contributed by atoms with van der Waals surface area (Å²) in [6, 6.07) is 10.0. The smallest absolute Gasteiger partial charge is 0.0785 e. The van der Waals surface area contributed by atoms with Crippen molar-refractivity contribution in [3.63, 3.8) is 0 Å². The molecule has 0 saturated carbocycles. The number of aryl methyl sites for hydroxylation is 1. The van der Waals surface area contributed by atoms with Gasteiger partial charge in [-0.05, 0) is 30.7 Å². The van der Waals surface area contributed by atoms with Crippen molar-refractivity contribution in [2.45, 2.75) is 6.92 Å². The molecule has 0 fully saturated rings. The van der Waals surface area contributed by atoms with E-state index >= 15 is 0 Å². The fraction of sp³-hybridized carbons (Fsp3) is 0.0588. The third kappa shape index (κ3) is 2.76. The largest absolute Gasteiger partial charge is 0.545 e. The molecule has 23 heavy (non-hydrogen) atoms. The first kappa shape index (κ1) is 16.1. The van der Waals surface area contributed by atoms with E-state index in [2.05, 4.69) is 4.98 Å². The molecule has 3 nitrogen and oxygen atoms in total. The van der Waals surface area contributed by atoms with E-state index in [1.165, 1.54) is 6.07 Å². The highest BCUT2D eigenvalue weighted by atomic mass is 35.5. The number of para-hydroxylation sites is 1. The molecule has 0 N–H and O–H groups in total. The molecule has 116 valence electrons. The van der Waals surface area contributed by atoms with Gasteiger partial charge in [0.05, 0.1) is 32.2 Å². The summed E-state index contributed by atoms with van der Waals surface area (Å²) < 4.78 is 0. The molecular formula is C17H9Cl3NO2-. The highest BCUT2D eigenvalue weighted by molar-refractivity contribution is 6.49. The van der Waals surface area contributed by atoms with Crippen LogP contribution in [0.3, 0.4) is 0 Å². The molecule has 0 aliphatic heterocycles. The molecular weight excluding hydrogens is 357 g/mol. The van der Waals surface area contributed by atoms with Crippen LogP contribution in [0.5, 0.6) is 0 Å². The number of fused-ring (bicyclic) bond motifs is 1. The van der Waals surface area contributed by atoms with Crippen molar-refractivity contribution in [3.05, 3.63) is 62.6 Å². The fourth-order valence-electron chi connectivity index (χ4n) is 2.42. The Hall–Kier alpha value is -1.81. The van der Waals surface area contributed by atoms with Gasteiger partial charge in [-0.3, -0.25) is 0 Å². The van der Waals surface area contributed by atoms with E-state index < -0.39 is 5.97 Å². The zero-order valence-electron chi connectivity index (χ0n) is 11.9. The minimum Gasteiger partial charge on any atom is -0.545 e. The van der Waals surface area contributed by atoms with Crippen LogP contribution in [0.1, 0.15) is 15.9 Å². The highest BCUT2D eigenvalue weighted by Gasteiger charge is 2.15. The summed E-state index contributed by atoms with van der Waals surface area (Å²) in [7, 11) is 0. The Labute approximate surface area is 147 Å². The fourth-order valence-corrected chi connectivity index (χ4v) is 3.05. The second-order valence-electron chi connectivity index (χ2n) is 5.04. The number of carbonyl (C=O) groups excluding carboxylic acids is 1. The van der Waals surface area contributed by atoms with Gasteiger partial charge in [-0.2, -0.15) is 0 Å². The molecule has 2 aromatic carbocycles. The Morgan fingerprint density at radius 2 is 1.83 bits per heavy atom. The molecule has 0 saturated heterocycles. The summed E-state index contributed by atoms with van der Waals surface area (Å²) in [4.78, 5) is 16.0. The minimum atomic E-state index is -1.28. The van der Waals surface area contributed by atoms with Crippen molar-refractivity contribution in [2.24, 2.45) is 0 Å². The highest BCUT2D eigenvalue weighted by Crippen LogP contribution is 2.38. The number of aromatic nitrogens is 1. The van der Waals surface area contributed by atoms with E-state index in [4.69, 9.17) is 34.8 Å². The maximum atomic E-state index is 11.5. The van der Waals surface area contributed by atoms with E-state index in [1.54, 1.807) is 24.3 Å². The van der Waals surface area contributed by atoms with Crippen LogP contribution >= 0.6 is 34.8 Å². The standard InChI is InChI=1S/C17H10Cl3NO2/c1-8-3-2-4-9-11(17(22)23)7-13(21-16(8)9)10-5-6-12(18)15(20)14(10)19/h2-7H,1H3,(H,22,23)/p-1. The molecule has 0 unspecified atom stereocenters. The third-order valence-corrected chi connectivity index (χ3v) is 4.87. The van der Waals surface area contributed by atoms with Crippen LogP contribution in [0.2, 0.25) is 15.1 Å². The number of pyridine rings is 1. The number of carboxylic acids is 1. The first-order valence-electron chi connectivity index (χ1n) is 6.65. The number of hydrogen-bond donors (Lipinski definition) is 0. The van der Waals surface area contributed by atoms with E-state index in [0.29, 0.717) is 27.2 Å².